The maximum atomic E-state index is 13.8. The Morgan fingerprint density at radius 1 is 0.820 bits per heavy atom. The van der Waals surface area contributed by atoms with Gasteiger partial charge in [-0.15, -0.1) is 0 Å². The summed E-state index contributed by atoms with van der Waals surface area (Å²) >= 11 is 0. The summed E-state index contributed by atoms with van der Waals surface area (Å²) in [6.07, 6.45) is 10.4. The van der Waals surface area contributed by atoms with Gasteiger partial charge in [0.25, 0.3) is 12.4 Å². The normalized spacial score (nSPS) is 14.9. The number of fused-ring (bicyclic) bond motifs is 6. The van der Waals surface area contributed by atoms with Crippen molar-refractivity contribution < 1.29 is 33.7 Å². The number of aryl methyl sites for hydroxylation is 1. The molecule has 2 aliphatic heterocycles. The number of hydrogen-bond donors (Lipinski definition) is 1. The lowest BCUT2D eigenvalue weighted by Crippen LogP contribution is -2.36. The van der Waals surface area contributed by atoms with Gasteiger partial charge in [-0.05, 0) is 61.6 Å². The van der Waals surface area contributed by atoms with Gasteiger partial charge >= 0.3 is 0 Å². The van der Waals surface area contributed by atoms with Crippen molar-refractivity contribution in [3.05, 3.63) is 90.6 Å². The van der Waals surface area contributed by atoms with Crippen molar-refractivity contribution in [2.24, 2.45) is 0 Å². The number of benzene rings is 2. The number of nitrogens with zero attached hydrogens (tertiary/aromatic N) is 7. The highest BCUT2D eigenvalue weighted by molar-refractivity contribution is 5.93. The third-order valence-corrected chi connectivity index (χ3v) is 8.53. The van der Waals surface area contributed by atoms with Crippen molar-refractivity contribution in [2.75, 3.05) is 39.6 Å². The van der Waals surface area contributed by atoms with Crippen molar-refractivity contribution in [1.82, 2.24) is 33.9 Å². The molecule has 0 spiro atoms. The molecule has 5 heterocycles. The van der Waals surface area contributed by atoms with E-state index >= 15 is 0 Å². The Labute approximate surface area is 288 Å². The third kappa shape index (κ3) is 8.38. The minimum absolute atomic E-state index is 0.0955. The molecular weight excluding hydrogens is 642 g/mol. The first-order valence-corrected chi connectivity index (χ1v) is 16.6. The van der Waals surface area contributed by atoms with Crippen molar-refractivity contribution in [3.8, 4) is 28.6 Å². The molecule has 50 heavy (non-hydrogen) atoms. The van der Waals surface area contributed by atoms with E-state index in [1.807, 2.05) is 58.5 Å². The number of carboxylic acid groups (broad SMARTS) is 1. The smallest absolute Gasteiger partial charge is 0.290 e. The van der Waals surface area contributed by atoms with Crippen LogP contribution in [0.25, 0.3) is 17.0 Å². The fraction of sp³-hybridized carbons (Fsp3) is 0.333. The molecule has 7 rings (SSSR count). The van der Waals surface area contributed by atoms with Crippen LogP contribution < -0.4 is 14.2 Å². The zero-order valence-electron chi connectivity index (χ0n) is 27.6. The number of carbonyl (C=O) groups is 3. The first kappa shape index (κ1) is 34.0. The average molecular weight is 682 g/mol. The summed E-state index contributed by atoms with van der Waals surface area (Å²) in [6, 6.07) is 17.2. The molecule has 1 N–H and O–H groups in total. The Kier molecular flexibility index (Phi) is 11.2. The van der Waals surface area contributed by atoms with Gasteiger partial charge < -0.3 is 33.7 Å². The number of aromatic nitrogens is 5. The Bertz CT molecular complexity index is 1890. The Morgan fingerprint density at radius 3 is 2.50 bits per heavy atom. The van der Waals surface area contributed by atoms with E-state index in [0.717, 1.165) is 47.0 Å². The first-order valence-electron chi connectivity index (χ1n) is 16.6. The van der Waals surface area contributed by atoms with Crippen molar-refractivity contribution in [1.29, 1.82) is 0 Å². The van der Waals surface area contributed by atoms with Crippen LogP contribution in [0.3, 0.4) is 0 Å². The molecule has 0 saturated heterocycles. The molecule has 0 fully saturated rings. The van der Waals surface area contributed by atoms with Gasteiger partial charge in [-0.25, -0.2) is 14.5 Å². The van der Waals surface area contributed by atoms with Crippen molar-refractivity contribution in [2.45, 2.75) is 38.6 Å². The highest BCUT2D eigenvalue weighted by atomic mass is 16.7. The quantitative estimate of drug-likeness (QED) is 0.273. The van der Waals surface area contributed by atoms with E-state index < -0.39 is 0 Å². The van der Waals surface area contributed by atoms with Gasteiger partial charge in [0.05, 0.1) is 6.61 Å². The van der Waals surface area contributed by atoms with Crippen LogP contribution in [-0.2, 0) is 22.6 Å². The van der Waals surface area contributed by atoms with Crippen LogP contribution in [0.15, 0.2) is 79.4 Å². The van der Waals surface area contributed by atoms with Crippen molar-refractivity contribution in [3.63, 3.8) is 0 Å². The van der Waals surface area contributed by atoms with E-state index in [4.69, 9.17) is 24.1 Å². The lowest BCUT2D eigenvalue weighted by atomic mass is 10.1. The molecule has 2 bridgehead atoms. The number of rotatable bonds is 4. The lowest BCUT2D eigenvalue weighted by molar-refractivity contribution is -0.131. The predicted molar refractivity (Wildman–Crippen MR) is 182 cm³/mol. The van der Waals surface area contributed by atoms with Gasteiger partial charge in [-0.2, -0.15) is 5.10 Å². The zero-order chi connectivity index (χ0) is 34.7. The van der Waals surface area contributed by atoms with Gasteiger partial charge in [0, 0.05) is 75.6 Å². The average Bonchev–Trinajstić information content (AvgIpc) is 3.90. The van der Waals surface area contributed by atoms with E-state index in [9.17, 15) is 9.59 Å². The number of hydrogen-bond acceptors (Lipinski definition) is 9. The minimum Gasteiger partial charge on any atom is -0.494 e. The molecule has 5 aromatic rings. The van der Waals surface area contributed by atoms with Crippen LogP contribution in [0.5, 0.6) is 17.2 Å². The molecule has 0 aliphatic carbocycles. The molecular formula is C36H39N7O7. The van der Waals surface area contributed by atoms with Crippen LogP contribution in [-0.4, -0.2) is 96.9 Å². The Balaban J connectivity index is 0.00000139. The summed E-state index contributed by atoms with van der Waals surface area (Å²) < 4.78 is 20.7. The maximum absolute atomic E-state index is 13.8. The number of ether oxygens (including phenoxy) is 3. The van der Waals surface area contributed by atoms with Gasteiger partial charge in [0.15, 0.2) is 22.8 Å². The van der Waals surface area contributed by atoms with Crippen LogP contribution >= 0.6 is 0 Å². The topological polar surface area (TPSA) is 154 Å². The number of imidazole rings is 1. The van der Waals surface area contributed by atoms with E-state index in [2.05, 4.69) is 19.6 Å². The van der Waals surface area contributed by atoms with Crippen LogP contribution in [0.1, 0.15) is 41.7 Å². The predicted octanol–water partition coefficient (Wildman–Crippen LogP) is 4.19. The molecule has 0 saturated carbocycles. The Hall–Kier alpha value is -5.92. The van der Waals surface area contributed by atoms with E-state index in [0.29, 0.717) is 69.9 Å². The van der Waals surface area contributed by atoms with Gasteiger partial charge in [-0.3, -0.25) is 14.4 Å². The molecule has 260 valence electrons. The SMILES string of the molecule is O=C(CCc1ccc2c(c1)OCO2)N1CCCCN(C(=O)c2cc3ncccn3n2)CCn2ccnc2-c2cccc(c2)OCCC1.O=CO. The molecule has 0 atom stereocenters. The van der Waals surface area contributed by atoms with Gasteiger partial charge in [0.1, 0.15) is 11.6 Å². The summed E-state index contributed by atoms with van der Waals surface area (Å²) in [6.45, 7) is 3.20. The highest BCUT2D eigenvalue weighted by Gasteiger charge is 2.21. The standard InChI is InChI=1S/C35H37N7O5.CH2O2/c43-33(11-9-26-8-10-30-31(22-26)47-25-46-30)39-14-1-2-15-41(35(44)29-24-32-36-12-4-17-42(32)38-29)20-19-40-18-13-37-34(40)27-6-3-7-28(23-27)45-21-5-16-39;2-1-3/h3-4,6-8,10,12-13,17-18,22-24H,1-2,5,9,11,14-16,19-21,25H2;1H,(H,2,3). The molecule has 3 aromatic heterocycles. The molecule has 0 radical (unpaired) electrons. The molecule has 14 nitrogen and oxygen atoms in total. The van der Waals surface area contributed by atoms with Gasteiger partial charge in [0.2, 0.25) is 12.7 Å². The number of amides is 2. The maximum Gasteiger partial charge on any atom is 0.290 e. The monoisotopic (exact) mass is 681 g/mol. The molecule has 2 aromatic carbocycles. The largest absolute Gasteiger partial charge is 0.494 e. The fourth-order valence-electron chi connectivity index (χ4n) is 6.03. The fourth-order valence-corrected chi connectivity index (χ4v) is 6.03. The lowest BCUT2D eigenvalue weighted by Gasteiger charge is -2.25. The third-order valence-electron chi connectivity index (χ3n) is 8.53. The second-order valence-electron chi connectivity index (χ2n) is 11.8. The summed E-state index contributed by atoms with van der Waals surface area (Å²) in [5.74, 6) is 2.96. The Morgan fingerprint density at radius 2 is 1.64 bits per heavy atom. The minimum atomic E-state index is -0.250. The molecule has 2 amide bonds. The molecule has 0 unspecified atom stereocenters. The molecule has 2 aliphatic rings. The van der Waals surface area contributed by atoms with Crippen LogP contribution in [0.2, 0.25) is 0 Å². The van der Waals surface area contributed by atoms with E-state index in [1.165, 1.54) is 0 Å². The van der Waals surface area contributed by atoms with Crippen LogP contribution in [0.4, 0.5) is 0 Å². The second kappa shape index (κ2) is 16.5. The van der Waals surface area contributed by atoms with E-state index in [-0.39, 0.29) is 25.1 Å². The van der Waals surface area contributed by atoms with Gasteiger partial charge in [-0.1, -0.05) is 18.2 Å². The summed E-state index contributed by atoms with van der Waals surface area (Å²) in [4.78, 5) is 48.4. The molecule has 14 heteroatoms. The zero-order valence-corrected chi connectivity index (χ0v) is 27.6. The van der Waals surface area contributed by atoms with Crippen molar-refractivity contribution >= 4 is 23.9 Å². The summed E-state index contributed by atoms with van der Waals surface area (Å²) in [5, 5.41) is 11.4. The summed E-state index contributed by atoms with van der Waals surface area (Å²) in [5.41, 5.74) is 2.94. The van der Waals surface area contributed by atoms with E-state index in [1.54, 1.807) is 35.2 Å². The number of carbonyl (C=O) groups excluding carboxylic acids is 2. The first-order chi connectivity index (χ1) is 24.5. The summed E-state index contributed by atoms with van der Waals surface area (Å²) in [7, 11) is 0. The second-order valence-corrected chi connectivity index (χ2v) is 11.8. The highest BCUT2D eigenvalue weighted by Crippen LogP contribution is 2.33. The van der Waals surface area contributed by atoms with Crippen LogP contribution in [0, 0.1) is 0 Å².